The summed E-state index contributed by atoms with van der Waals surface area (Å²) in [6, 6.07) is 8.50. The number of pyridine rings is 1. The first kappa shape index (κ1) is 42.2. The Morgan fingerprint density at radius 2 is 1.43 bits per heavy atom. The van der Waals surface area contributed by atoms with Crippen molar-refractivity contribution in [3.05, 3.63) is 82.6 Å². The molecule has 61 heavy (non-hydrogen) atoms. The summed E-state index contributed by atoms with van der Waals surface area (Å²) in [5, 5.41) is 18.1. The van der Waals surface area contributed by atoms with Crippen LogP contribution in [0.5, 0.6) is 5.75 Å². The third kappa shape index (κ3) is 9.29. The van der Waals surface area contributed by atoms with E-state index < -0.39 is 23.6 Å². The number of fused-ring (bicyclic) bond motifs is 2. The maximum atomic E-state index is 13.8. The highest BCUT2D eigenvalue weighted by molar-refractivity contribution is 6.05. The van der Waals surface area contributed by atoms with Crippen LogP contribution in [0.25, 0.3) is 22.2 Å². The number of carbonyl (C=O) groups excluding carboxylic acids is 4. The van der Waals surface area contributed by atoms with E-state index in [1.54, 1.807) is 49.7 Å². The number of benzene rings is 1. The van der Waals surface area contributed by atoms with Crippen molar-refractivity contribution in [3.8, 4) is 5.75 Å². The molecule has 7 N–H and O–H groups in total. The van der Waals surface area contributed by atoms with Gasteiger partial charge in [-0.25, -0.2) is 15.0 Å². The Labute approximate surface area is 351 Å². The molecule has 1 saturated heterocycles. The number of nitrogens with one attached hydrogen (secondary N) is 3. The topological polar surface area (TPSA) is 253 Å². The smallest absolute Gasteiger partial charge is 0.276 e. The second kappa shape index (κ2) is 18.1. The molecule has 6 heterocycles. The number of hydrogen-bond acceptors (Lipinski definition) is 12. The van der Waals surface area contributed by atoms with E-state index in [0.29, 0.717) is 76.5 Å². The predicted octanol–water partition coefficient (Wildman–Crippen LogP) is 2.85. The fourth-order valence-electron chi connectivity index (χ4n) is 7.48. The molecule has 1 atom stereocenters. The van der Waals surface area contributed by atoms with Crippen LogP contribution >= 0.6 is 0 Å². The summed E-state index contributed by atoms with van der Waals surface area (Å²) in [4.78, 5) is 68.1. The highest BCUT2D eigenvalue weighted by Gasteiger charge is 2.23. The second-order valence-electron chi connectivity index (χ2n) is 14.9. The minimum atomic E-state index is -0.665. The van der Waals surface area contributed by atoms with E-state index in [1.165, 1.54) is 12.3 Å². The third-order valence-electron chi connectivity index (χ3n) is 10.4. The molecule has 0 saturated carbocycles. The van der Waals surface area contributed by atoms with E-state index in [1.807, 2.05) is 32.9 Å². The summed E-state index contributed by atoms with van der Waals surface area (Å²) < 4.78 is 13.1. The molecule has 320 valence electrons. The zero-order chi connectivity index (χ0) is 43.4. The molecule has 1 aliphatic rings. The highest BCUT2D eigenvalue weighted by atomic mass is 16.5. The maximum Gasteiger partial charge on any atom is 0.276 e. The van der Waals surface area contributed by atoms with Gasteiger partial charge in [-0.2, -0.15) is 10.2 Å². The van der Waals surface area contributed by atoms with Crippen LogP contribution in [-0.4, -0.2) is 111 Å². The monoisotopic (exact) mass is 833 g/mol. The Balaban J connectivity index is 1.22. The molecule has 0 spiro atoms. The summed E-state index contributed by atoms with van der Waals surface area (Å²) in [7, 11) is 0. The number of anilines is 2. The van der Waals surface area contributed by atoms with Gasteiger partial charge >= 0.3 is 0 Å². The molecule has 4 amide bonds. The number of aromatic nitrogens is 9. The lowest BCUT2D eigenvalue weighted by atomic mass is 10.1. The predicted molar refractivity (Wildman–Crippen MR) is 229 cm³/mol. The van der Waals surface area contributed by atoms with Gasteiger partial charge in [-0.15, -0.1) is 0 Å². The van der Waals surface area contributed by atoms with E-state index in [0.717, 1.165) is 32.6 Å². The molecule has 20 heteroatoms. The van der Waals surface area contributed by atoms with Crippen LogP contribution < -0.4 is 32.2 Å². The number of nitrogens with zero attached hydrogens (tertiary/aromatic N) is 10. The lowest BCUT2D eigenvalue weighted by Crippen LogP contribution is -2.49. The molecule has 0 radical (unpaired) electrons. The van der Waals surface area contributed by atoms with E-state index in [2.05, 4.69) is 47.9 Å². The molecule has 20 nitrogen and oxygen atoms in total. The Kier molecular flexibility index (Phi) is 12.5. The Morgan fingerprint density at radius 1 is 0.836 bits per heavy atom. The van der Waals surface area contributed by atoms with Gasteiger partial charge in [0.05, 0.1) is 29.1 Å². The standard InChI is InChI=1S/C41H51N15O5/c1-6-55-31(17-24(3)50-55)38(59)48-40-46-29-19-27(35(42)57)21-33(61-16-10-12-52-15-11-44-26(5)23-52)34(29)53(40)13-8-9-14-54-37-30(20-28(22-45-37)36(43)58)47-41(54)49-39(60)32-18-25(4)51-56(32)7-2/h8-9,17-22,26,44H,6-7,10-16,23H2,1-5H3,(H2,42,57)(H2,43,58)(H,46,48,59)(H,47,49,60)/b9-8+. The summed E-state index contributed by atoms with van der Waals surface area (Å²) in [6.45, 7) is 14.9. The molecule has 5 aromatic heterocycles. The molecular formula is C41H51N15O5. The Hall–Kier alpha value is -6.93. The number of aryl methyl sites for hydroxylation is 4. The molecule has 6 aromatic rings. The van der Waals surface area contributed by atoms with Crippen molar-refractivity contribution in [1.29, 1.82) is 0 Å². The number of primary amides is 2. The minimum Gasteiger partial charge on any atom is -0.491 e. The number of hydrogen-bond donors (Lipinski definition) is 5. The number of piperazine rings is 1. The fraction of sp³-hybridized carbons (Fsp3) is 0.390. The summed E-state index contributed by atoms with van der Waals surface area (Å²) in [5.41, 5.74) is 15.5. The van der Waals surface area contributed by atoms with E-state index in [9.17, 15) is 19.2 Å². The van der Waals surface area contributed by atoms with Crippen molar-refractivity contribution in [1.82, 2.24) is 53.9 Å². The number of nitrogens with two attached hydrogens (primary N) is 2. The van der Waals surface area contributed by atoms with Gasteiger partial charge < -0.3 is 31.0 Å². The van der Waals surface area contributed by atoms with Crippen LogP contribution in [0.15, 0.2) is 48.7 Å². The number of amides is 4. The normalized spacial score (nSPS) is 14.6. The quantitative estimate of drug-likeness (QED) is 0.0657. The van der Waals surface area contributed by atoms with E-state index >= 15 is 0 Å². The van der Waals surface area contributed by atoms with Gasteiger partial charge in [0.15, 0.2) is 5.65 Å². The lowest BCUT2D eigenvalue weighted by Gasteiger charge is -2.31. The Bertz CT molecular complexity index is 2650. The summed E-state index contributed by atoms with van der Waals surface area (Å²) in [5.74, 6) is -1.37. The van der Waals surface area contributed by atoms with Gasteiger partial charge in [0, 0.05) is 70.2 Å². The first-order chi connectivity index (χ1) is 29.3. The Morgan fingerprint density at radius 3 is 2.03 bits per heavy atom. The minimum absolute atomic E-state index is 0.167. The molecule has 0 aliphatic carbocycles. The molecular weight excluding hydrogens is 783 g/mol. The van der Waals surface area contributed by atoms with Crippen molar-refractivity contribution < 1.29 is 23.9 Å². The van der Waals surface area contributed by atoms with Crippen LogP contribution in [0, 0.1) is 13.8 Å². The molecule has 0 bridgehead atoms. The highest BCUT2D eigenvalue weighted by Crippen LogP contribution is 2.32. The van der Waals surface area contributed by atoms with Gasteiger partial charge in [-0.3, -0.25) is 43.7 Å². The second-order valence-corrected chi connectivity index (χ2v) is 14.9. The average Bonchev–Trinajstić information content (AvgIpc) is 3.99. The van der Waals surface area contributed by atoms with Crippen LogP contribution in [0.2, 0.25) is 0 Å². The number of carbonyl (C=O) groups is 4. The first-order valence-electron chi connectivity index (χ1n) is 20.3. The third-order valence-corrected chi connectivity index (χ3v) is 10.4. The first-order valence-corrected chi connectivity index (χ1v) is 20.3. The molecule has 1 fully saturated rings. The van der Waals surface area contributed by atoms with Crippen LogP contribution in [0.1, 0.15) is 80.3 Å². The van der Waals surface area contributed by atoms with Crippen LogP contribution in [0.3, 0.4) is 0 Å². The maximum absolute atomic E-state index is 13.8. The average molecular weight is 834 g/mol. The van der Waals surface area contributed by atoms with Crippen molar-refractivity contribution in [2.24, 2.45) is 11.5 Å². The zero-order valence-electron chi connectivity index (χ0n) is 34.9. The van der Waals surface area contributed by atoms with Crippen molar-refractivity contribution in [2.45, 2.75) is 73.3 Å². The molecule has 1 aromatic carbocycles. The number of imidazole rings is 2. The van der Waals surface area contributed by atoms with Crippen molar-refractivity contribution in [3.63, 3.8) is 0 Å². The number of allylic oxidation sites excluding steroid dienone is 2. The molecule has 7 rings (SSSR count). The van der Waals surface area contributed by atoms with E-state index in [-0.39, 0.29) is 36.1 Å². The van der Waals surface area contributed by atoms with Crippen LogP contribution in [-0.2, 0) is 26.2 Å². The van der Waals surface area contributed by atoms with Crippen LogP contribution in [0.4, 0.5) is 11.9 Å². The largest absolute Gasteiger partial charge is 0.491 e. The fourth-order valence-corrected chi connectivity index (χ4v) is 7.48. The zero-order valence-corrected chi connectivity index (χ0v) is 34.9. The van der Waals surface area contributed by atoms with Gasteiger partial charge in [-0.05, 0) is 71.4 Å². The van der Waals surface area contributed by atoms with Gasteiger partial charge in [0.25, 0.3) is 11.8 Å². The lowest BCUT2D eigenvalue weighted by molar-refractivity contribution is 0.0991. The SMILES string of the molecule is CCn1nc(C)cc1C(=O)Nc1nc2cc(C(N)=O)cnc2n1C/C=C/Cn1c(NC(=O)c2cc(C)nn2CC)nc2cc(C(N)=O)cc(OCCCN3CCNC(C)C3)c21. The van der Waals surface area contributed by atoms with Gasteiger partial charge in [-0.1, -0.05) is 12.2 Å². The van der Waals surface area contributed by atoms with E-state index in [4.69, 9.17) is 21.2 Å². The number of rotatable bonds is 17. The van der Waals surface area contributed by atoms with Gasteiger partial charge in [0.1, 0.15) is 28.2 Å². The van der Waals surface area contributed by atoms with Crippen molar-refractivity contribution in [2.75, 3.05) is 43.4 Å². The molecule has 1 aliphatic heterocycles. The van der Waals surface area contributed by atoms with Crippen molar-refractivity contribution >= 4 is 57.7 Å². The summed E-state index contributed by atoms with van der Waals surface area (Å²) in [6.07, 6.45) is 5.80. The van der Waals surface area contributed by atoms with Gasteiger partial charge in [0.2, 0.25) is 23.7 Å². The summed E-state index contributed by atoms with van der Waals surface area (Å²) >= 11 is 0. The molecule has 1 unspecified atom stereocenters. The number of ether oxygens (including phenoxy) is 1.